The average molecular weight is 264 g/mol. The van der Waals surface area contributed by atoms with Crippen LogP contribution in [0.15, 0.2) is 18.2 Å². The van der Waals surface area contributed by atoms with Gasteiger partial charge in [0.2, 0.25) is 0 Å². The van der Waals surface area contributed by atoms with Crippen molar-refractivity contribution in [3.8, 4) is 5.75 Å². The highest BCUT2D eigenvalue weighted by Crippen LogP contribution is 2.30. The van der Waals surface area contributed by atoms with Gasteiger partial charge >= 0.3 is 0 Å². The van der Waals surface area contributed by atoms with Crippen LogP contribution in [0.5, 0.6) is 5.75 Å². The van der Waals surface area contributed by atoms with E-state index in [1.54, 1.807) is 0 Å². The molecule has 0 amide bonds. The summed E-state index contributed by atoms with van der Waals surface area (Å²) in [7, 11) is 4.10. The summed E-state index contributed by atoms with van der Waals surface area (Å²) in [6.07, 6.45) is 2.61. The Morgan fingerprint density at radius 2 is 2.05 bits per heavy atom. The van der Waals surface area contributed by atoms with E-state index in [0.717, 1.165) is 18.8 Å². The third-order valence-electron chi connectivity index (χ3n) is 3.03. The van der Waals surface area contributed by atoms with E-state index in [0.29, 0.717) is 0 Å². The molecule has 0 aliphatic heterocycles. The van der Waals surface area contributed by atoms with Crippen LogP contribution in [0.2, 0.25) is 0 Å². The number of nitrogens with zero attached hydrogens (tertiary/aromatic N) is 1. The number of hydrogen-bond donors (Lipinski definition) is 1. The Hall–Kier alpha value is -1.22. The molecule has 0 fully saturated rings. The van der Waals surface area contributed by atoms with Crippen LogP contribution in [0.1, 0.15) is 39.2 Å². The first kappa shape index (κ1) is 15.8. The maximum Gasteiger partial charge on any atom is 0.143 e. The maximum absolute atomic E-state index is 5.96. The summed E-state index contributed by atoms with van der Waals surface area (Å²) < 4.78 is 5.96. The van der Waals surface area contributed by atoms with Crippen LogP contribution in [0.3, 0.4) is 0 Å². The second-order valence-electron chi connectivity index (χ2n) is 5.27. The number of benzene rings is 1. The summed E-state index contributed by atoms with van der Waals surface area (Å²) in [5, 5.41) is 3.18. The van der Waals surface area contributed by atoms with Crippen molar-refractivity contribution >= 4 is 5.69 Å². The summed E-state index contributed by atoms with van der Waals surface area (Å²) >= 11 is 0. The first-order valence-corrected chi connectivity index (χ1v) is 7.23. The lowest BCUT2D eigenvalue weighted by Crippen LogP contribution is -2.20. The molecule has 1 aromatic rings. The Morgan fingerprint density at radius 1 is 1.32 bits per heavy atom. The lowest BCUT2D eigenvalue weighted by molar-refractivity contribution is 0.242. The second-order valence-corrected chi connectivity index (χ2v) is 5.27. The first-order chi connectivity index (χ1) is 9.08. The number of anilines is 1. The van der Waals surface area contributed by atoms with Gasteiger partial charge in [0, 0.05) is 20.1 Å². The van der Waals surface area contributed by atoms with E-state index < -0.39 is 0 Å². The zero-order chi connectivity index (χ0) is 14.3. The number of unbranched alkanes of at least 4 members (excludes halogenated alkanes) is 1. The molecule has 108 valence electrons. The molecule has 0 atom stereocenters. The van der Waals surface area contributed by atoms with Gasteiger partial charge < -0.3 is 15.0 Å². The van der Waals surface area contributed by atoms with Crippen molar-refractivity contribution in [1.82, 2.24) is 5.32 Å². The summed E-state index contributed by atoms with van der Waals surface area (Å²) in [5.74, 6) is 0.987. The molecule has 0 heterocycles. The van der Waals surface area contributed by atoms with Crippen molar-refractivity contribution in [2.24, 2.45) is 0 Å². The van der Waals surface area contributed by atoms with Gasteiger partial charge in [0.15, 0.2) is 0 Å². The molecule has 0 radical (unpaired) electrons. The molecule has 3 nitrogen and oxygen atoms in total. The number of hydrogen-bond acceptors (Lipinski definition) is 3. The second kappa shape index (κ2) is 8.05. The van der Waals surface area contributed by atoms with Crippen molar-refractivity contribution in [1.29, 1.82) is 0 Å². The topological polar surface area (TPSA) is 24.5 Å². The summed E-state index contributed by atoms with van der Waals surface area (Å²) in [6, 6.07) is 6.48. The molecule has 0 saturated heterocycles. The van der Waals surface area contributed by atoms with Gasteiger partial charge in [0.1, 0.15) is 5.75 Å². The van der Waals surface area contributed by atoms with Crippen LogP contribution < -0.4 is 15.0 Å². The molecule has 0 saturated carbocycles. The molecule has 0 aromatic heterocycles. The van der Waals surface area contributed by atoms with Crippen LogP contribution in [-0.2, 0) is 6.54 Å². The molecule has 0 aliphatic carbocycles. The minimum Gasteiger partial charge on any atom is -0.489 e. The monoisotopic (exact) mass is 264 g/mol. The predicted octanol–water partition coefficient (Wildman–Crippen LogP) is 3.43. The number of nitrogens with one attached hydrogen (secondary N) is 1. The van der Waals surface area contributed by atoms with Gasteiger partial charge in [-0.15, -0.1) is 0 Å². The van der Waals surface area contributed by atoms with Gasteiger partial charge in [0.25, 0.3) is 0 Å². The van der Waals surface area contributed by atoms with Crippen LogP contribution in [0.25, 0.3) is 0 Å². The van der Waals surface area contributed by atoms with E-state index in [1.165, 1.54) is 24.1 Å². The van der Waals surface area contributed by atoms with E-state index in [4.69, 9.17) is 4.74 Å². The minimum atomic E-state index is 0.197. The van der Waals surface area contributed by atoms with E-state index in [-0.39, 0.29) is 6.10 Å². The first-order valence-electron chi connectivity index (χ1n) is 7.23. The highest BCUT2D eigenvalue weighted by Gasteiger charge is 2.10. The van der Waals surface area contributed by atoms with Crippen molar-refractivity contribution in [2.75, 3.05) is 25.5 Å². The molecule has 1 N–H and O–H groups in total. The predicted molar refractivity (Wildman–Crippen MR) is 83.1 cm³/mol. The normalized spacial score (nSPS) is 10.8. The molecule has 0 aliphatic rings. The maximum atomic E-state index is 5.96. The summed E-state index contributed by atoms with van der Waals surface area (Å²) in [4.78, 5) is 2.28. The molecular weight excluding hydrogens is 236 g/mol. The van der Waals surface area contributed by atoms with Crippen molar-refractivity contribution in [3.05, 3.63) is 23.8 Å². The zero-order valence-electron chi connectivity index (χ0n) is 13.0. The Morgan fingerprint density at radius 3 is 2.63 bits per heavy atom. The van der Waals surface area contributed by atoms with Crippen LogP contribution in [-0.4, -0.2) is 26.7 Å². The van der Waals surface area contributed by atoms with Gasteiger partial charge in [-0.1, -0.05) is 19.4 Å². The van der Waals surface area contributed by atoms with Gasteiger partial charge in [-0.2, -0.15) is 0 Å². The van der Waals surface area contributed by atoms with E-state index >= 15 is 0 Å². The largest absolute Gasteiger partial charge is 0.489 e. The molecule has 0 unspecified atom stereocenters. The van der Waals surface area contributed by atoms with E-state index in [1.807, 2.05) is 7.05 Å². The van der Waals surface area contributed by atoms with E-state index in [9.17, 15) is 0 Å². The Labute approximate surface area is 118 Å². The number of rotatable bonds is 8. The lowest BCUT2D eigenvalue weighted by atomic mass is 10.1. The fourth-order valence-electron chi connectivity index (χ4n) is 2.05. The van der Waals surface area contributed by atoms with Crippen molar-refractivity contribution < 1.29 is 4.74 Å². The van der Waals surface area contributed by atoms with E-state index in [2.05, 4.69) is 56.2 Å². The fraction of sp³-hybridized carbons (Fsp3) is 0.625. The molecule has 19 heavy (non-hydrogen) atoms. The van der Waals surface area contributed by atoms with Gasteiger partial charge in [-0.05, 0) is 45.0 Å². The summed E-state index contributed by atoms with van der Waals surface area (Å²) in [6.45, 7) is 8.29. The van der Waals surface area contributed by atoms with Gasteiger partial charge in [-0.3, -0.25) is 0 Å². The van der Waals surface area contributed by atoms with Crippen molar-refractivity contribution in [2.45, 2.75) is 46.3 Å². The molecular formula is C16H28N2O. The smallest absolute Gasteiger partial charge is 0.143 e. The van der Waals surface area contributed by atoms with Crippen LogP contribution >= 0.6 is 0 Å². The van der Waals surface area contributed by atoms with Crippen molar-refractivity contribution in [3.63, 3.8) is 0 Å². The third-order valence-corrected chi connectivity index (χ3v) is 3.03. The standard InChI is InChI=1S/C16H28N2O/c1-6-7-10-18(5)15-9-8-14(12-17-4)11-16(15)19-13(2)3/h8-9,11,13,17H,6-7,10,12H2,1-5H3. The molecule has 0 spiro atoms. The van der Waals surface area contributed by atoms with Crippen LogP contribution in [0, 0.1) is 0 Å². The highest BCUT2D eigenvalue weighted by atomic mass is 16.5. The molecule has 1 aromatic carbocycles. The fourth-order valence-corrected chi connectivity index (χ4v) is 2.05. The quantitative estimate of drug-likeness (QED) is 0.778. The van der Waals surface area contributed by atoms with Gasteiger partial charge in [0.05, 0.1) is 11.8 Å². The highest BCUT2D eigenvalue weighted by molar-refractivity contribution is 5.59. The Balaban J connectivity index is 2.93. The Bertz CT molecular complexity index is 377. The Kier molecular flexibility index (Phi) is 6.71. The molecule has 1 rings (SSSR count). The van der Waals surface area contributed by atoms with Gasteiger partial charge in [-0.25, -0.2) is 0 Å². The molecule has 0 bridgehead atoms. The molecule has 3 heteroatoms. The lowest BCUT2D eigenvalue weighted by Gasteiger charge is -2.24. The minimum absolute atomic E-state index is 0.197. The zero-order valence-corrected chi connectivity index (χ0v) is 13.0. The van der Waals surface area contributed by atoms with Crippen LogP contribution in [0.4, 0.5) is 5.69 Å². The third kappa shape index (κ3) is 5.11. The SMILES string of the molecule is CCCCN(C)c1ccc(CNC)cc1OC(C)C. The summed E-state index contributed by atoms with van der Waals surface area (Å²) in [5.41, 5.74) is 2.44. The average Bonchev–Trinajstić information content (AvgIpc) is 2.36. The number of ether oxygens (including phenoxy) is 1.